The summed E-state index contributed by atoms with van der Waals surface area (Å²) in [6, 6.07) is 9.67. The van der Waals surface area contributed by atoms with Gasteiger partial charge in [-0.25, -0.2) is 4.98 Å². The van der Waals surface area contributed by atoms with E-state index in [1.165, 1.54) is 14.2 Å². The van der Waals surface area contributed by atoms with E-state index >= 15 is 0 Å². The Kier molecular flexibility index (Phi) is 5.17. The van der Waals surface area contributed by atoms with Crippen molar-refractivity contribution in [1.29, 1.82) is 0 Å². The Morgan fingerprint density at radius 1 is 1.20 bits per heavy atom. The second-order valence-electron chi connectivity index (χ2n) is 5.74. The van der Waals surface area contributed by atoms with Crippen LogP contribution in [0.25, 0.3) is 15.3 Å². The first-order valence-electron chi connectivity index (χ1n) is 7.93. The van der Waals surface area contributed by atoms with Gasteiger partial charge in [0.25, 0.3) is 5.91 Å². The van der Waals surface area contributed by atoms with Gasteiger partial charge in [0.2, 0.25) is 0 Å². The minimum Gasteiger partial charge on any atom is -0.354 e. The fourth-order valence-electron chi connectivity index (χ4n) is 2.66. The summed E-state index contributed by atoms with van der Waals surface area (Å²) < 4.78 is 13.2. The van der Waals surface area contributed by atoms with Crippen LogP contribution in [0.5, 0.6) is 0 Å². The lowest BCUT2D eigenvalue weighted by atomic mass is 10.2. The molecule has 132 valence electrons. The van der Waals surface area contributed by atoms with Gasteiger partial charge in [-0.3, -0.25) is 9.36 Å². The summed E-state index contributed by atoms with van der Waals surface area (Å²) in [6.45, 7) is 4.40. The number of nitrogens with one attached hydrogen (secondary N) is 1. The van der Waals surface area contributed by atoms with Crippen LogP contribution in [-0.4, -0.2) is 42.5 Å². The summed E-state index contributed by atoms with van der Waals surface area (Å²) in [5.41, 5.74) is 3.75. The number of fused-ring (bicyclic) bond motifs is 1. The summed E-state index contributed by atoms with van der Waals surface area (Å²) in [5.74, 6) is -0.163. The van der Waals surface area contributed by atoms with Crippen molar-refractivity contribution in [3.05, 3.63) is 47.3 Å². The van der Waals surface area contributed by atoms with Gasteiger partial charge in [0.05, 0.1) is 16.8 Å². The number of thiazole rings is 1. The molecule has 0 radical (unpaired) electrons. The highest BCUT2D eigenvalue weighted by atomic mass is 32.1. The number of carbonyl (C=O) groups is 1. The van der Waals surface area contributed by atoms with E-state index in [4.69, 9.17) is 9.47 Å². The highest BCUT2D eigenvalue weighted by molar-refractivity contribution is 7.20. The number of ether oxygens (including phenoxy) is 2. The van der Waals surface area contributed by atoms with E-state index in [0.717, 1.165) is 26.7 Å². The molecule has 0 aliphatic rings. The molecule has 2 heterocycles. The molecular weight excluding hydrogens is 338 g/mol. The number of carbonyl (C=O) groups excluding carboxylic acids is 1. The normalized spacial score (nSPS) is 11.4. The number of nitrogens with zero attached hydrogens (tertiary/aromatic N) is 2. The molecule has 0 atom stereocenters. The molecule has 3 rings (SSSR count). The summed E-state index contributed by atoms with van der Waals surface area (Å²) in [5, 5.41) is 3.72. The maximum Gasteiger partial charge on any atom is 0.251 e. The zero-order valence-electron chi connectivity index (χ0n) is 14.7. The average Bonchev–Trinajstić information content (AvgIpc) is 3.17. The predicted octanol–water partition coefficient (Wildman–Crippen LogP) is 3.05. The van der Waals surface area contributed by atoms with Crippen molar-refractivity contribution in [2.45, 2.75) is 20.1 Å². The van der Waals surface area contributed by atoms with Gasteiger partial charge in [0.1, 0.15) is 0 Å². The van der Waals surface area contributed by atoms with Crippen LogP contribution in [0.4, 0.5) is 0 Å². The van der Waals surface area contributed by atoms with E-state index in [0.29, 0.717) is 12.1 Å². The minimum atomic E-state index is -0.456. The Hall–Kier alpha value is -2.22. The fraction of sp³-hybridized carbons (Fsp3) is 0.333. The second kappa shape index (κ2) is 7.35. The van der Waals surface area contributed by atoms with Crippen molar-refractivity contribution < 1.29 is 14.3 Å². The molecule has 0 fully saturated rings. The van der Waals surface area contributed by atoms with Crippen LogP contribution in [0.3, 0.4) is 0 Å². The first-order valence-corrected chi connectivity index (χ1v) is 8.75. The number of rotatable bonds is 6. The molecule has 1 N–H and O–H groups in total. The van der Waals surface area contributed by atoms with E-state index < -0.39 is 6.29 Å². The molecule has 0 unspecified atom stereocenters. The molecular formula is C18H21N3O3S. The van der Waals surface area contributed by atoms with Crippen LogP contribution in [-0.2, 0) is 9.47 Å². The zero-order chi connectivity index (χ0) is 18.0. The second-order valence-corrected chi connectivity index (χ2v) is 6.75. The highest BCUT2D eigenvalue weighted by Crippen LogP contribution is 2.28. The van der Waals surface area contributed by atoms with Crippen molar-refractivity contribution in [2.75, 3.05) is 20.8 Å². The number of hydrogen-bond donors (Lipinski definition) is 1. The third-order valence-electron chi connectivity index (χ3n) is 4.06. The Morgan fingerprint density at radius 2 is 1.88 bits per heavy atom. The SMILES string of the molecule is COC(CNC(=O)c1ccc2nc(-n3c(C)ccc3C)sc2c1)OC. The first kappa shape index (κ1) is 17.6. The van der Waals surface area contributed by atoms with E-state index in [1.54, 1.807) is 17.4 Å². The molecule has 25 heavy (non-hydrogen) atoms. The van der Waals surface area contributed by atoms with Gasteiger partial charge in [-0.2, -0.15) is 0 Å². The fourth-order valence-corrected chi connectivity index (χ4v) is 3.78. The molecule has 0 bridgehead atoms. The molecule has 0 aliphatic carbocycles. The topological polar surface area (TPSA) is 65.4 Å². The van der Waals surface area contributed by atoms with Crippen LogP contribution in [0.2, 0.25) is 0 Å². The number of aromatic nitrogens is 2. The zero-order valence-corrected chi connectivity index (χ0v) is 15.5. The van der Waals surface area contributed by atoms with Gasteiger partial charge in [-0.15, -0.1) is 0 Å². The smallest absolute Gasteiger partial charge is 0.251 e. The number of benzene rings is 1. The Balaban J connectivity index is 1.84. The standard InChI is InChI=1S/C18H21N3O3S/c1-11-5-6-12(2)21(11)18-20-14-8-7-13(9-15(14)25-18)17(22)19-10-16(23-3)24-4/h5-9,16H,10H2,1-4H3,(H,19,22). The molecule has 3 aromatic rings. The van der Waals surface area contributed by atoms with Gasteiger partial charge in [-0.1, -0.05) is 11.3 Å². The molecule has 7 heteroatoms. The van der Waals surface area contributed by atoms with Crippen LogP contribution in [0.15, 0.2) is 30.3 Å². The molecule has 1 amide bonds. The number of amides is 1. The van der Waals surface area contributed by atoms with Crippen molar-refractivity contribution in [3.8, 4) is 5.13 Å². The third-order valence-corrected chi connectivity index (χ3v) is 5.06. The first-order chi connectivity index (χ1) is 12.0. The maximum atomic E-state index is 12.3. The number of aryl methyl sites for hydroxylation is 2. The van der Waals surface area contributed by atoms with E-state index in [-0.39, 0.29) is 5.91 Å². The molecule has 2 aromatic heterocycles. The summed E-state index contributed by atoms with van der Waals surface area (Å²) in [4.78, 5) is 17.0. The summed E-state index contributed by atoms with van der Waals surface area (Å²) in [7, 11) is 3.08. The van der Waals surface area contributed by atoms with E-state index in [9.17, 15) is 4.79 Å². The largest absolute Gasteiger partial charge is 0.354 e. The summed E-state index contributed by atoms with van der Waals surface area (Å²) in [6.07, 6.45) is -0.456. The van der Waals surface area contributed by atoms with Crippen molar-refractivity contribution >= 4 is 27.5 Å². The van der Waals surface area contributed by atoms with E-state index in [2.05, 4.69) is 40.8 Å². The predicted molar refractivity (Wildman–Crippen MR) is 98.6 cm³/mol. The average molecular weight is 359 g/mol. The van der Waals surface area contributed by atoms with Gasteiger partial charge < -0.3 is 14.8 Å². The molecule has 6 nitrogen and oxygen atoms in total. The van der Waals surface area contributed by atoms with Gasteiger partial charge in [-0.05, 0) is 44.2 Å². The third kappa shape index (κ3) is 3.58. The van der Waals surface area contributed by atoms with Gasteiger partial charge in [0.15, 0.2) is 11.4 Å². The van der Waals surface area contributed by atoms with Gasteiger partial charge >= 0.3 is 0 Å². The van der Waals surface area contributed by atoms with E-state index in [1.807, 2.05) is 12.1 Å². The van der Waals surface area contributed by atoms with Crippen molar-refractivity contribution in [1.82, 2.24) is 14.9 Å². The van der Waals surface area contributed by atoms with Crippen LogP contribution in [0.1, 0.15) is 21.7 Å². The molecule has 1 aromatic carbocycles. The molecule has 0 aliphatic heterocycles. The maximum absolute atomic E-state index is 12.3. The number of hydrogen-bond acceptors (Lipinski definition) is 5. The lowest BCUT2D eigenvalue weighted by Gasteiger charge is -2.13. The monoisotopic (exact) mass is 359 g/mol. The van der Waals surface area contributed by atoms with Crippen LogP contribution >= 0.6 is 11.3 Å². The van der Waals surface area contributed by atoms with Crippen molar-refractivity contribution in [2.24, 2.45) is 0 Å². The van der Waals surface area contributed by atoms with Crippen LogP contribution in [0, 0.1) is 13.8 Å². The molecule has 0 saturated carbocycles. The highest BCUT2D eigenvalue weighted by Gasteiger charge is 2.13. The Labute approximate surface area is 150 Å². The Bertz CT molecular complexity index is 877. The van der Waals surface area contributed by atoms with Crippen LogP contribution < -0.4 is 5.32 Å². The number of methoxy groups -OCH3 is 2. The lowest BCUT2D eigenvalue weighted by Crippen LogP contribution is -2.34. The Morgan fingerprint density at radius 3 is 2.52 bits per heavy atom. The minimum absolute atomic E-state index is 0.163. The summed E-state index contributed by atoms with van der Waals surface area (Å²) >= 11 is 1.57. The molecule has 0 spiro atoms. The molecule has 0 saturated heterocycles. The van der Waals surface area contributed by atoms with Gasteiger partial charge in [0, 0.05) is 31.2 Å². The lowest BCUT2D eigenvalue weighted by molar-refractivity contribution is -0.0974. The van der Waals surface area contributed by atoms with Crippen molar-refractivity contribution in [3.63, 3.8) is 0 Å². The quantitative estimate of drug-likeness (QED) is 0.687.